The zero-order chi connectivity index (χ0) is 31.0. The number of anilines is 1. The van der Waals surface area contributed by atoms with Crippen LogP contribution in [0.25, 0.3) is 0 Å². The minimum atomic E-state index is -4.05. The molecule has 0 saturated heterocycles. The van der Waals surface area contributed by atoms with Crippen LogP contribution in [0.5, 0.6) is 11.5 Å². The summed E-state index contributed by atoms with van der Waals surface area (Å²) < 4.78 is 40.4. The number of nitrogens with one attached hydrogen (secondary N) is 1. The normalized spacial score (nSPS) is 11.4. The number of methoxy groups -OCH3 is 1. The molecule has 43 heavy (non-hydrogen) atoms. The first-order valence-electron chi connectivity index (χ1n) is 12.9. The van der Waals surface area contributed by atoms with Crippen molar-refractivity contribution in [1.82, 2.24) is 5.43 Å². The monoisotopic (exact) mass is 701 g/mol. The Hall–Kier alpha value is -3.51. The Balaban J connectivity index is 1.49. The Morgan fingerprint density at radius 1 is 1.07 bits per heavy atom. The Kier molecular flexibility index (Phi) is 11.1. The van der Waals surface area contributed by atoms with Crippen molar-refractivity contribution in [2.24, 2.45) is 5.10 Å². The first-order chi connectivity index (χ1) is 20.6. The molecule has 224 valence electrons. The van der Waals surface area contributed by atoms with E-state index in [4.69, 9.17) is 21.1 Å². The van der Waals surface area contributed by atoms with Crippen LogP contribution in [0, 0.1) is 6.92 Å². The predicted octanol–water partition coefficient (Wildman–Crippen LogP) is 7.07. The SMILES string of the molecule is COc1cc(/C=N\NC(=O)CN(c2ccc(C)cc2)S(=O)(=O)c2ccc(SC)cc2)cc(Br)c1OCc1ccccc1Cl. The lowest BCUT2D eigenvalue weighted by molar-refractivity contribution is -0.119. The van der Waals surface area contributed by atoms with Crippen LogP contribution in [0.1, 0.15) is 16.7 Å². The molecule has 0 aliphatic carbocycles. The zero-order valence-electron chi connectivity index (χ0n) is 23.6. The first kappa shape index (κ1) is 32.4. The van der Waals surface area contributed by atoms with Crippen LogP contribution in [0.3, 0.4) is 0 Å². The minimum absolute atomic E-state index is 0.0796. The van der Waals surface area contributed by atoms with Gasteiger partial charge >= 0.3 is 0 Å². The molecule has 0 heterocycles. The maximum atomic E-state index is 13.6. The van der Waals surface area contributed by atoms with Crippen molar-refractivity contribution in [3.8, 4) is 11.5 Å². The molecule has 0 saturated carbocycles. The van der Waals surface area contributed by atoms with Crippen molar-refractivity contribution < 1.29 is 22.7 Å². The number of carbonyl (C=O) groups excluding carboxylic acids is 1. The van der Waals surface area contributed by atoms with Crippen LogP contribution in [0.4, 0.5) is 5.69 Å². The molecular weight excluding hydrogens is 674 g/mol. The number of halogens is 2. The molecule has 0 unspecified atom stereocenters. The number of sulfonamides is 1. The van der Waals surface area contributed by atoms with Gasteiger partial charge < -0.3 is 9.47 Å². The fourth-order valence-electron chi connectivity index (χ4n) is 3.97. The van der Waals surface area contributed by atoms with E-state index in [1.165, 1.54) is 37.2 Å². The molecule has 0 aliphatic heterocycles. The van der Waals surface area contributed by atoms with Gasteiger partial charge in [0.15, 0.2) is 11.5 Å². The second-order valence-electron chi connectivity index (χ2n) is 9.23. The fourth-order valence-corrected chi connectivity index (χ4v) is 6.56. The Labute approximate surface area is 269 Å². The topological polar surface area (TPSA) is 97.3 Å². The molecule has 4 aromatic rings. The summed E-state index contributed by atoms with van der Waals surface area (Å²) >= 11 is 11.3. The summed E-state index contributed by atoms with van der Waals surface area (Å²) in [5.74, 6) is 0.304. The maximum Gasteiger partial charge on any atom is 0.264 e. The average Bonchev–Trinajstić information content (AvgIpc) is 3.00. The van der Waals surface area contributed by atoms with Gasteiger partial charge in [-0.25, -0.2) is 13.8 Å². The first-order valence-corrected chi connectivity index (χ1v) is 16.7. The number of amides is 1. The van der Waals surface area contributed by atoms with E-state index in [0.29, 0.717) is 32.2 Å². The number of thioether (sulfide) groups is 1. The summed E-state index contributed by atoms with van der Waals surface area (Å²) in [6.45, 7) is 1.66. The number of nitrogens with zero attached hydrogens (tertiary/aromatic N) is 2. The van der Waals surface area contributed by atoms with E-state index in [0.717, 1.165) is 20.3 Å². The zero-order valence-corrected chi connectivity index (χ0v) is 27.6. The van der Waals surface area contributed by atoms with E-state index in [-0.39, 0.29) is 11.5 Å². The van der Waals surface area contributed by atoms with Gasteiger partial charge in [0.05, 0.1) is 28.4 Å². The van der Waals surface area contributed by atoms with Gasteiger partial charge in [-0.1, -0.05) is 47.5 Å². The van der Waals surface area contributed by atoms with E-state index >= 15 is 0 Å². The third kappa shape index (κ3) is 8.32. The highest BCUT2D eigenvalue weighted by atomic mass is 79.9. The molecule has 0 bridgehead atoms. The van der Waals surface area contributed by atoms with E-state index in [1.54, 1.807) is 54.6 Å². The van der Waals surface area contributed by atoms with Crippen LogP contribution in [0.2, 0.25) is 5.02 Å². The molecule has 0 spiro atoms. The van der Waals surface area contributed by atoms with Crippen LogP contribution >= 0.6 is 39.3 Å². The van der Waals surface area contributed by atoms with E-state index in [2.05, 4.69) is 26.5 Å². The summed E-state index contributed by atoms with van der Waals surface area (Å²) in [6.07, 6.45) is 3.33. The molecule has 0 fully saturated rings. The van der Waals surface area contributed by atoms with Crippen molar-refractivity contribution in [3.05, 3.63) is 111 Å². The summed E-state index contributed by atoms with van der Waals surface area (Å²) in [6, 6.07) is 24.3. The van der Waals surface area contributed by atoms with Crippen LogP contribution in [0.15, 0.2) is 104 Å². The number of carbonyl (C=O) groups is 1. The van der Waals surface area contributed by atoms with Gasteiger partial charge in [-0.2, -0.15) is 5.10 Å². The van der Waals surface area contributed by atoms with Gasteiger partial charge in [0.1, 0.15) is 13.2 Å². The quantitative estimate of drug-likeness (QED) is 0.0965. The van der Waals surface area contributed by atoms with Gasteiger partial charge in [0.25, 0.3) is 15.9 Å². The molecule has 0 aromatic heterocycles. The molecule has 0 atom stereocenters. The van der Waals surface area contributed by atoms with Gasteiger partial charge in [0.2, 0.25) is 0 Å². The van der Waals surface area contributed by atoms with Gasteiger partial charge in [-0.3, -0.25) is 9.10 Å². The standard InChI is InChI=1S/C31H29BrClN3O5S2/c1-21-8-10-24(11-9-21)36(43(38,39)26-14-12-25(42-3)13-15-26)19-30(37)35-34-18-22-16-27(32)31(29(17-22)40-2)41-20-23-6-4-5-7-28(23)33/h4-18H,19-20H2,1-3H3,(H,35,37)/b34-18-. The largest absolute Gasteiger partial charge is 0.493 e. The molecule has 4 rings (SSSR count). The Morgan fingerprint density at radius 3 is 2.42 bits per heavy atom. The fraction of sp³-hybridized carbons (Fsp3) is 0.161. The Morgan fingerprint density at radius 2 is 1.77 bits per heavy atom. The van der Waals surface area contributed by atoms with E-state index in [9.17, 15) is 13.2 Å². The van der Waals surface area contributed by atoms with Gasteiger partial charge in [0, 0.05) is 15.5 Å². The highest BCUT2D eigenvalue weighted by molar-refractivity contribution is 9.10. The number of aryl methyl sites for hydroxylation is 1. The highest BCUT2D eigenvalue weighted by Gasteiger charge is 2.27. The van der Waals surface area contributed by atoms with Gasteiger partial charge in [-0.15, -0.1) is 11.8 Å². The van der Waals surface area contributed by atoms with E-state index < -0.39 is 22.5 Å². The van der Waals surface area contributed by atoms with Crippen LogP contribution < -0.4 is 19.2 Å². The second kappa shape index (κ2) is 14.8. The third-order valence-corrected chi connectivity index (χ3v) is 9.73. The van der Waals surface area contributed by atoms with Crippen molar-refractivity contribution in [2.45, 2.75) is 23.3 Å². The number of hydrazone groups is 1. The average molecular weight is 703 g/mol. The number of hydrogen-bond donors (Lipinski definition) is 1. The molecule has 1 amide bonds. The predicted molar refractivity (Wildman–Crippen MR) is 176 cm³/mol. The number of hydrogen-bond acceptors (Lipinski definition) is 7. The smallest absolute Gasteiger partial charge is 0.264 e. The van der Waals surface area contributed by atoms with Crippen molar-refractivity contribution in [3.63, 3.8) is 0 Å². The van der Waals surface area contributed by atoms with Gasteiger partial charge in [-0.05, 0) is 89.3 Å². The van der Waals surface area contributed by atoms with Crippen molar-refractivity contribution >= 4 is 67.1 Å². The second-order valence-corrected chi connectivity index (χ2v) is 13.2. The number of rotatable bonds is 12. The lowest BCUT2D eigenvalue weighted by Gasteiger charge is -2.24. The van der Waals surface area contributed by atoms with Crippen LogP contribution in [-0.4, -0.2) is 40.4 Å². The molecule has 4 aromatic carbocycles. The molecule has 0 radical (unpaired) electrons. The summed E-state index contributed by atoms with van der Waals surface area (Å²) in [4.78, 5) is 14.0. The lowest BCUT2D eigenvalue weighted by Crippen LogP contribution is -2.39. The number of benzene rings is 4. The van der Waals surface area contributed by atoms with Crippen molar-refractivity contribution in [1.29, 1.82) is 0 Å². The van der Waals surface area contributed by atoms with E-state index in [1.807, 2.05) is 31.4 Å². The summed E-state index contributed by atoms with van der Waals surface area (Å²) in [7, 11) is -2.53. The summed E-state index contributed by atoms with van der Waals surface area (Å²) in [5, 5.41) is 4.64. The van der Waals surface area contributed by atoms with Crippen LogP contribution in [-0.2, 0) is 21.4 Å². The lowest BCUT2D eigenvalue weighted by atomic mass is 10.2. The summed E-state index contributed by atoms with van der Waals surface area (Å²) in [5.41, 5.74) is 5.18. The number of ether oxygens (including phenoxy) is 2. The molecule has 12 heteroatoms. The highest BCUT2D eigenvalue weighted by Crippen LogP contribution is 2.37. The third-order valence-electron chi connectivity index (χ3n) is 6.24. The minimum Gasteiger partial charge on any atom is -0.493 e. The van der Waals surface area contributed by atoms with Crippen molar-refractivity contribution in [2.75, 3.05) is 24.2 Å². The molecule has 1 N–H and O–H groups in total. The molecule has 8 nitrogen and oxygen atoms in total. The molecule has 0 aliphatic rings. The maximum absolute atomic E-state index is 13.6. The molecular formula is C31H29BrClN3O5S2. The Bertz CT molecular complexity index is 1720.